The van der Waals surface area contributed by atoms with Crippen molar-refractivity contribution < 1.29 is 10.2 Å². The molecule has 1 aromatic carbocycles. The molecule has 2 nitrogen and oxygen atoms in total. The molecule has 0 spiro atoms. The molecule has 2 N–H and O–H groups in total. The SMILES string of the molecule is CCc1cc(CO)ccc1O. The van der Waals surface area contributed by atoms with Crippen molar-refractivity contribution in [1.82, 2.24) is 0 Å². The Morgan fingerprint density at radius 1 is 1.36 bits per heavy atom. The highest BCUT2D eigenvalue weighted by molar-refractivity contribution is 5.35. The summed E-state index contributed by atoms with van der Waals surface area (Å²) in [5, 5.41) is 18.0. The summed E-state index contributed by atoms with van der Waals surface area (Å²) in [5.74, 6) is 0.310. The van der Waals surface area contributed by atoms with Crippen LogP contribution >= 0.6 is 0 Å². The molecule has 0 amide bonds. The van der Waals surface area contributed by atoms with Crippen molar-refractivity contribution in [3.05, 3.63) is 29.3 Å². The van der Waals surface area contributed by atoms with Crippen molar-refractivity contribution in [1.29, 1.82) is 0 Å². The quantitative estimate of drug-likeness (QED) is 0.673. The van der Waals surface area contributed by atoms with E-state index in [1.807, 2.05) is 13.0 Å². The van der Waals surface area contributed by atoms with E-state index < -0.39 is 0 Å². The average molecular weight is 152 g/mol. The smallest absolute Gasteiger partial charge is 0.118 e. The van der Waals surface area contributed by atoms with E-state index in [2.05, 4.69) is 0 Å². The van der Waals surface area contributed by atoms with Crippen LogP contribution in [0.2, 0.25) is 0 Å². The molecule has 0 aliphatic rings. The first-order valence-electron chi connectivity index (χ1n) is 3.69. The third-order valence-corrected chi connectivity index (χ3v) is 1.71. The van der Waals surface area contributed by atoms with Crippen LogP contribution in [-0.2, 0) is 13.0 Å². The molecule has 0 saturated carbocycles. The highest BCUT2D eigenvalue weighted by Gasteiger charge is 1.98. The van der Waals surface area contributed by atoms with Crippen molar-refractivity contribution >= 4 is 0 Å². The Morgan fingerprint density at radius 3 is 2.64 bits per heavy atom. The maximum absolute atomic E-state index is 9.25. The average Bonchev–Trinajstić information content (AvgIpc) is 2.05. The lowest BCUT2D eigenvalue weighted by molar-refractivity contribution is 0.281. The van der Waals surface area contributed by atoms with Gasteiger partial charge in [-0.05, 0) is 29.7 Å². The molecule has 0 aliphatic heterocycles. The lowest BCUT2D eigenvalue weighted by atomic mass is 10.1. The largest absolute Gasteiger partial charge is 0.508 e. The number of aliphatic hydroxyl groups is 1. The fourth-order valence-corrected chi connectivity index (χ4v) is 1.02. The zero-order valence-corrected chi connectivity index (χ0v) is 6.54. The molecule has 0 unspecified atom stereocenters. The monoisotopic (exact) mass is 152 g/mol. The normalized spacial score (nSPS) is 10.0. The number of benzene rings is 1. The van der Waals surface area contributed by atoms with Gasteiger partial charge in [-0.25, -0.2) is 0 Å². The van der Waals surface area contributed by atoms with E-state index in [1.165, 1.54) is 0 Å². The first kappa shape index (κ1) is 8.08. The Labute approximate surface area is 66.1 Å². The topological polar surface area (TPSA) is 40.5 Å². The van der Waals surface area contributed by atoms with Gasteiger partial charge in [0.05, 0.1) is 6.61 Å². The summed E-state index contributed by atoms with van der Waals surface area (Å²) in [5.41, 5.74) is 1.73. The zero-order valence-electron chi connectivity index (χ0n) is 6.54. The van der Waals surface area contributed by atoms with Crippen LogP contribution in [0.4, 0.5) is 0 Å². The van der Waals surface area contributed by atoms with Gasteiger partial charge in [-0.1, -0.05) is 13.0 Å². The lowest BCUT2D eigenvalue weighted by Gasteiger charge is -2.02. The summed E-state index contributed by atoms with van der Waals surface area (Å²) < 4.78 is 0. The lowest BCUT2D eigenvalue weighted by Crippen LogP contribution is -1.87. The van der Waals surface area contributed by atoms with Crippen LogP contribution in [-0.4, -0.2) is 10.2 Å². The van der Waals surface area contributed by atoms with Crippen LogP contribution in [0.25, 0.3) is 0 Å². The molecular weight excluding hydrogens is 140 g/mol. The Hall–Kier alpha value is -1.02. The minimum atomic E-state index is 0.0350. The molecule has 0 heterocycles. The number of phenolic OH excluding ortho intramolecular Hbond substituents is 1. The summed E-state index contributed by atoms with van der Waals surface area (Å²) in [6.45, 7) is 2.00. The number of aromatic hydroxyl groups is 1. The number of phenols is 1. The standard InChI is InChI=1S/C9H12O2/c1-2-8-5-7(6-10)3-4-9(8)11/h3-5,10-11H,2,6H2,1H3. The molecule has 11 heavy (non-hydrogen) atoms. The Morgan fingerprint density at radius 2 is 2.09 bits per heavy atom. The molecule has 0 fully saturated rings. The summed E-state index contributed by atoms with van der Waals surface area (Å²) >= 11 is 0. The minimum absolute atomic E-state index is 0.0350. The van der Waals surface area contributed by atoms with E-state index >= 15 is 0 Å². The zero-order chi connectivity index (χ0) is 8.27. The fraction of sp³-hybridized carbons (Fsp3) is 0.333. The van der Waals surface area contributed by atoms with Gasteiger partial charge in [0.1, 0.15) is 5.75 Å². The molecule has 0 radical (unpaired) electrons. The molecule has 0 bridgehead atoms. The first-order chi connectivity index (χ1) is 5.27. The summed E-state index contributed by atoms with van der Waals surface area (Å²) in [4.78, 5) is 0. The third kappa shape index (κ3) is 1.71. The Bertz CT molecular complexity index is 243. The van der Waals surface area contributed by atoms with Gasteiger partial charge in [-0.2, -0.15) is 0 Å². The van der Waals surface area contributed by atoms with Crippen LogP contribution in [0, 0.1) is 0 Å². The van der Waals surface area contributed by atoms with E-state index in [0.717, 1.165) is 17.5 Å². The molecule has 0 aromatic heterocycles. The second kappa shape index (κ2) is 3.39. The summed E-state index contributed by atoms with van der Waals surface area (Å²) in [7, 11) is 0. The molecule has 2 heteroatoms. The van der Waals surface area contributed by atoms with Crippen LogP contribution < -0.4 is 0 Å². The summed E-state index contributed by atoms with van der Waals surface area (Å²) in [6.07, 6.45) is 0.791. The maximum atomic E-state index is 9.25. The Balaban J connectivity index is 3.02. The van der Waals surface area contributed by atoms with Crippen molar-refractivity contribution in [2.75, 3.05) is 0 Å². The van der Waals surface area contributed by atoms with E-state index in [9.17, 15) is 5.11 Å². The van der Waals surface area contributed by atoms with Crippen molar-refractivity contribution in [3.63, 3.8) is 0 Å². The van der Waals surface area contributed by atoms with Crippen LogP contribution in [0.1, 0.15) is 18.1 Å². The van der Waals surface area contributed by atoms with Gasteiger partial charge in [-0.15, -0.1) is 0 Å². The highest BCUT2D eigenvalue weighted by Crippen LogP contribution is 2.18. The number of hydrogen-bond acceptors (Lipinski definition) is 2. The molecule has 1 aromatic rings. The first-order valence-corrected chi connectivity index (χ1v) is 3.69. The maximum Gasteiger partial charge on any atom is 0.118 e. The van der Waals surface area contributed by atoms with Gasteiger partial charge in [0.15, 0.2) is 0 Å². The number of hydrogen-bond donors (Lipinski definition) is 2. The van der Waals surface area contributed by atoms with E-state index in [0.29, 0.717) is 5.75 Å². The molecule has 0 atom stereocenters. The van der Waals surface area contributed by atoms with E-state index in [1.54, 1.807) is 12.1 Å². The molecular formula is C9H12O2. The summed E-state index contributed by atoms with van der Waals surface area (Å²) in [6, 6.07) is 5.15. The van der Waals surface area contributed by atoms with E-state index in [4.69, 9.17) is 5.11 Å². The van der Waals surface area contributed by atoms with Crippen molar-refractivity contribution in [2.45, 2.75) is 20.0 Å². The van der Waals surface area contributed by atoms with Crippen molar-refractivity contribution in [3.8, 4) is 5.75 Å². The fourth-order valence-electron chi connectivity index (χ4n) is 1.02. The van der Waals surface area contributed by atoms with E-state index in [-0.39, 0.29) is 6.61 Å². The highest BCUT2D eigenvalue weighted by atomic mass is 16.3. The number of aryl methyl sites for hydroxylation is 1. The third-order valence-electron chi connectivity index (χ3n) is 1.71. The Kier molecular flexibility index (Phi) is 2.49. The van der Waals surface area contributed by atoms with Gasteiger partial charge >= 0.3 is 0 Å². The second-order valence-corrected chi connectivity index (χ2v) is 2.47. The second-order valence-electron chi connectivity index (χ2n) is 2.47. The molecule has 0 aliphatic carbocycles. The number of aliphatic hydroxyl groups excluding tert-OH is 1. The van der Waals surface area contributed by atoms with Crippen LogP contribution in [0.15, 0.2) is 18.2 Å². The van der Waals surface area contributed by atoms with Gasteiger partial charge < -0.3 is 10.2 Å². The molecule has 1 rings (SSSR count). The van der Waals surface area contributed by atoms with Crippen molar-refractivity contribution in [2.24, 2.45) is 0 Å². The molecule has 0 saturated heterocycles. The van der Waals surface area contributed by atoms with Gasteiger partial charge in [-0.3, -0.25) is 0 Å². The minimum Gasteiger partial charge on any atom is -0.508 e. The number of rotatable bonds is 2. The predicted molar refractivity (Wildman–Crippen MR) is 43.4 cm³/mol. The van der Waals surface area contributed by atoms with Gasteiger partial charge in [0.25, 0.3) is 0 Å². The van der Waals surface area contributed by atoms with Gasteiger partial charge in [0, 0.05) is 0 Å². The van der Waals surface area contributed by atoms with Gasteiger partial charge in [0.2, 0.25) is 0 Å². The molecule has 60 valence electrons. The van der Waals surface area contributed by atoms with Crippen LogP contribution in [0.3, 0.4) is 0 Å². The predicted octanol–water partition coefficient (Wildman–Crippen LogP) is 1.45. The van der Waals surface area contributed by atoms with Crippen LogP contribution in [0.5, 0.6) is 5.75 Å².